The van der Waals surface area contributed by atoms with E-state index in [0.717, 1.165) is 62.3 Å². The van der Waals surface area contributed by atoms with E-state index < -0.39 is 26.7 Å². The molecule has 1 fully saturated rings. The molecule has 1 aliphatic heterocycles. The van der Waals surface area contributed by atoms with Crippen LogP contribution in [0.4, 0.5) is 18.9 Å². The fraction of sp³-hybridized carbons (Fsp3) is 0.400. The van der Waals surface area contributed by atoms with Crippen molar-refractivity contribution in [2.75, 3.05) is 19.6 Å². The molecule has 168 valence electrons. The van der Waals surface area contributed by atoms with Gasteiger partial charge in [0.05, 0.1) is 15.4 Å². The first-order valence-corrected chi connectivity index (χ1v) is 11.2. The van der Waals surface area contributed by atoms with Crippen molar-refractivity contribution in [2.24, 2.45) is 5.92 Å². The number of piperidine rings is 1. The van der Waals surface area contributed by atoms with Crippen LogP contribution in [0.25, 0.3) is 0 Å². The summed E-state index contributed by atoms with van der Waals surface area (Å²) < 4.78 is 66.6. The number of nitrogens with zero attached hydrogens (tertiary/aromatic N) is 1. The van der Waals surface area contributed by atoms with Crippen molar-refractivity contribution in [1.29, 1.82) is 0 Å². The Hall–Kier alpha value is -2.50. The minimum atomic E-state index is -4.44. The lowest BCUT2D eigenvalue weighted by atomic mass is 9.80. The van der Waals surface area contributed by atoms with Gasteiger partial charge in [-0.25, -0.2) is 13.1 Å². The van der Waals surface area contributed by atoms with Crippen molar-refractivity contribution in [3.8, 4) is 0 Å². The molecule has 1 atom stereocenters. The number of rotatable bonds is 7. The molecule has 1 saturated heterocycles. The Kier molecular flexibility index (Phi) is 6.97. The molecular formula is C20H22F3N3O4S. The zero-order chi connectivity index (χ0) is 22.6. The van der Waals surface area contributed by atoms with Gasteiger partial charge < -0.3 is 5.32 Å². The molecule has 0 bridgehead atoms. The lowest BCUT2D eigenvalue weighted by Gasteiger charge is -2.31. The van der Waals surface area contributed by atoms with Gasteiger partial charge >= 0.3 is 6.18 Å². The Bertz CT molecular complexity index is 1000. The molecule has 0 aliphatic carbocycles. The summed E-state index contributed by atoms with van der Waals surface area (Å²) in [6.45, 7) is 1.50. The summed E-state index contributed by atoms with van der Waals surface area (Å²) in [6, 6.07) is 9.33. The number of nitro groups is 1. The molecule has 0 saturated carbocycles. The zero-order valence-electron chi connectivity index (χ0n) is 16.4. The quantitative estimate of drug-likeness (QED) is 0.488. The largest absolute Gasteiger partial charge is 0.416 e. The smallest absolute Gasteiger partial charge is 0.317 e. The van der Waals surface area contributed by atoms with Crippen molar-refractivity contribution in [3.63, 3.8) is 0 Å². The second-order valence-corrected chi connectivity index (χ2v) is 9.18. The predicted molar refractivity (Wildman–Crippen MR) is 108 cm³/mol. The molecule has 1 unspecified atom stereocenters. The van der Waals surface area contributed by atoms with Gasteiger partial charge in [0.1, 0.15) is 0 Å². The third-order valence-electron chi connectivity index (χ3n) is 5.47. The molecule has 2 N–H and O–H groups in total. The maximum atomic E-state index is 12.9. The fourth-order valence-electron chi connectivity index (χ4n) is 3.75. The number of alkyl halides is 3. The molecule has 1 aliphatic rings. The van der Waals surface area contributed by atoms with Gasteiger partial charge in [-0.1, -0.05) is 12.1 Å². The van der Waals surface area contributed by atoms with Crippen LogP contribution < -0.4 is 10.0 Å². The van der Waals surface area contributed by atoms with E-state index in [-0.39, 0.29) is 29.0 Å². The molecular weight excluding hydrogens is 435 g/mol. The van der Waals surface area contributed by atoms with E-state index in [1.54, 1.807) is 0 Å². The lowest BCUT2D eigenvalue weighted by molar-refractivity contribution is -0.384. The molecule has 0 amide bonds. The van der Waals surface area contributed by atoms with Gasteiger partial charge in [0, 0.05) is 24.6 Å². The van der Waals surface area contributed by atoms with Crippen molar-refractivity contribution in [2.45, 2.75) is 29.8 Å². The van der Waals surface area contributed by atoms with Crippen molar-refractivity contribution in [1.82, 2.24) is 10.0 Å². The number of halogens is 3. The molecule has 1 heterocycles. The molecule has 31 heavy (non-hydrogen) atoms. The highest BCUT2D eigenvalue weighted by molar-refractivity contribution is 7.89. The van der Waals surface area contributed by atoms with E-state index >= 15 is 0 Å². The molecule has 2 aromatic carbocycles. The number of non-ortho nitro benzene ring substituents is 1. The summed E-state index contributed by atoms with van der Waals surface area (Å²) in [7, 11) is -3.94. The van der Waals surface area contributed by atoms with Crippen LogP contribution in [0.3, 0.4) is 0 Å². The van der Waals surface area contributed by atoms with E-state index in [1.807, 2.05) is 0 Å². The van der Waals surface area contributed by atoms with Gasteiger partial charge in [0.25, 0.3) is 5.69 Å². The normalized spacial score (nSPS) is 16.7. The maximum absolute atomic E-state index is 12.9. The number of hydrogen-bond donors (Lipinski definition) is 2. The van der Waals surface area contributed by atoms with Gasteiger partial charge in [0.15, 0.2) is 0 Å². The first-order chi connectivity index (χ1) is 14.6. The van der Waals surface area contributed by atoms with E-state index in [9.17, 15) is 31.7 Å². The first kappa shape index (κ1) is 23.2. The maximum Gasteiger partial charge on any atom is 0.416 e. The third-order valence-corrected chi connectivity index (χ3v) is 6.91. The average Bonchev–Trinajstić information content (AvgIpc) is 2.74. The summed E-state index contributed by atoms with van der Waals surface area (Å²) in [5.41, 5.74) is -0.352. The Morgan fingerprint density at radius 3 is 2.16 bits per heavy atom. The monoisotopic (exact) mass is 457 g/mol. The Morgan fingerprint density at radius 2 is 1.65 bits per heavy atom. The molecule has 2 aromatic rings. The highest BCUT2D eigenvalue weighted by atomic mass is 32.2. The van der Waals surface area contributed by atoms with Crippen LogP contribution in [0, 0.1) is 16.0 Å². The Morgan fingerprint density at radius 1 is 1.06 bits per heavy atom. The van der Waals surface area contributed by atoms with Crippen LogP contribution in [-0.4, -0.2) is 33.0 Å². The molecule has 0 radical (unpaired) electrons. The Balaban J connectivity index is 1.80. The standard InChI is InChI=1S/C20H22F3N3O4S/c21-20(22,23)16-3-1-14(2-4-16)19(15-9-11-24-12-10-15)13-25-31(29,30)18-7-5-17(6-8-18)26(27)28/h1-8,15,19,24-25H,9-13H2. The minimum absolute atomic E-state index is 0.00928. The topological polar surface area (TPSA) is 101 Å². The van der Waals surface area contributed by atoms with E-state index in [4.69, 9.17) is 0 Å². The van der Waals surface area contributed by atoms with Crippen LogP contribution >= 0.6 is 0 Å². The second kappa shape index (κ2) is 9.33. The van der Waals surface area contributed by atoms with Gasteiger partial charge in [-0.3, -0.25) is 10.1 Å². The highest BCUT2D eigenvalue weighted by Crippen LogP contribution is 2.34. The fourth-order valence-corrected chi connectivity index (χ4v) is 4.81. The molecule has 3 rings (SSSR count). The summed E-state index contributed by atoms with van der Waals surface area (Å²) >= 11 is 0. The molecule has 11 heteroatoms. The zero-order valence-corrected chi connectivity index (χ0v) is 17.2. The van der Waals surface area contributed by atoms with Crippen LogP contribution in [0.5, 0.6) is 0 Å². The van der Waals surface area contributed by atoms with E-state index in [0.29, 0.717) is 5.56 Å². The summed E-state index contributed by atoms with van der Waals surface area (Å²) in [6.07, 6.45) is -2.91. The van der Waals surface area contributed by atoms with Crippen LogP contribution in [-0.2, 0) is 16.2 Å². The van der Waals surface area contributed by atoms with Gasteiger partial charge in [-0.2, -0.15) is 13.2 Å². The SMILES string of the molecule is O=[N+]([O-])c1ccc(S(=O)(=O)NCC(c2ccc(C(F)(F)F)cc2)C2CCNCC2)cc1. The Labute approximate surface area is 177 Å². The summed E-state index contributed by atoms with van der Waals surface area (Å²) in [5, 5.41) is 14.0. The van der Waals surface area contributed by atoms with Crippen molar-refractivity contribution in [3.05, 3.63) is 69.8 Å². The average molecular weight is 457 g/mol. The molecule has 7 nitrogen and oxygen atoms in total. The van der Waals surface area contributed by atoms with Gasteiger partial charge in [-0.05, 0) is 61.7 Å². The van der Waals surface area contributed by atoms with E-state index in [2.05, 4.69) is 10.0 Å². The van der Waals surface area contributed by atoms with Crippen LogP contribution in [0.15, 0.2) is 53.4 Å². The first-order valence-electron chi connectivity index (χ1n) is 9.70. The van der Waals surface area contributed by atoms with Gasteiger partial charge in [-0.15, -0.1) is 0 Å². The lowest BCUT2D eigenvalue weighted by Crippen LogP contribution is -2.36. The number of hydrogen-bond acceptors (Lipinski definition) is 5. The number of benzene rings is 2. The van der Waals surface area contributed by atoms with Crippen molar-refractivity contribution < 1.29 is 26.5 Å². The summed E-state index contributed by atoms with van der Waals surface area (Å²) in [4.78, 5) is 10.0. The second-order valence-electron chi connectivity index (χ2n) is 7.42. The molecule has 0 aromatic heterocycles. The number of nitro benzene ring substituents is 1. The van der Waals surface area contributed by atoms with Crippen molar-refractivity contribution >= 4 is 15.7 Å². The third kappa shape index (κ3) is 5.81. The minimum Gasteiger partial charge on any atom is -0.317 e. The summed E-state index contributed by atoms with van der Waals surface area (Å²) in [5.74, 6) is -0.213. The number of sulfonamides is 1. The molecule has 0 spiro atoms. The highest BCUT2D eigenvalue weighted by Gasteiger charge is 2.32. The van der Waals surface area contributed by atoms with Crippen LogP contribution in [0.1, 0.15) is 29.9 Å². The predicted octanol–water partition coefficient (Wildman–Crippen LogP) is 3.68. The van der Waals surface area contributed by atoms with Crippen LogP contribution in [0.2, 0.25) is 0 Å². The van der Waals surface area contributed by atoms with Gasteiger partial charge in [0.2, 0.25) is 10.0 Å². The van der Waals surface area contributed by atoms with E-state index in [1.165, 1.54) is 12.1 Å². The number of nitrogens with one attached hydrogen (secondary N) is 2.